The van der Waals surface area contributed by atoms with Crippen molar-refractivity contribution in [2.75, 3.05) is 7.05 Å². The van der Waals surface area contributed by atoms with Gasteiger partial charge in [0.15, 0.2) is 6.10 Å². The van der Waals surface area contributed by atoms with Crippen LogP contribution in [0, 0.1) is 0 Å². The van der Waals surface area contributed by atoms with Crippen LogP contribution in [0.4, 0.5) is 0 Å². The molecule has 0 aromatic heterocycles. The van der Waals surface area contributed by atoms with E-state index in [2.05, 4.69) is 0 Å². The molecule has 4 nitrogen and oxygen atoms in total. The Bertz CT molecular complexity index is 428. The first-order valence-electron chi connectivity index (χ1n) is 4.69. The average Bonchev–Trinajstić information content (AvgIpc) is 2.32. The summed E-state index contributed by atoms with van der Waals surface area (Å²) in [4.78, 5) is 24.5. The molecular weight excluding hydrogens is 194 g/mol. The standard InChI is InChI=1S/C11H11NO3/c1-7-10(13)12(2)11(14)8-5-3-4-6-9(8)15-7/h3-7H,1-2H3/t7-/m1/s1. The molecule has 0 bridgehead atoms. The Morgan fingerprint density at radius 2 is 1.93 bits per heavy atom. The number of amides is 2. The Balaban J connectivity index is 2.53. The van der Waals surface area contributed by atoms with Gasteiger partial charge in [-0.05, 0) is 19.1 Å². The summed E-state index contributed by atoms with van der Waals surface area (Å²) in [5.41, 5.74) is 0.428. The van der Waals surface area contributed by atoms with Crippen molar-refractivity contribution in [1.82, 2.24) is 4.90 Å². The van der Waals surface area contributed by atoms with Crippen molar-refractivity contribution in [3.05, 3.63) is 29.8 Å². The van der Waals surface area contributed by atoms with Gasteiger partial charge in [-0.15, -0.1) is 0 Å². The molecule has 2 rings (SSSR count). The summed E-state index contributed by atoms with van der Waals surface area (Å²) in [6.45, 7) is 1.63. The lowest BCUT2D eigenvalue weighted by atomic mass is 10.2. The highest BCUT2D eigenvalue weighted by molar-refractivity contribution is 6.08. The normalized spacial score (nSPS) is 20.7. The molecule has 0 spiro atoms. The van der Waals surface area contributed by atoms with Crippen LogP contribution in [-0.4, -0.2) is 29.9 Å². The quantitative estimate of drug-likeness (QED) is 0.595. The van der Waals surface area contributed by atoms with E-state index in [9.17, 15) is 9.59 Å². The van der Waals surface area contributed by atoms with Crippen molar-refractivity contribution in [2.24, 2.45) is 0 Å². The van der Waals surface area contributed by atoms with E-state index < -0.39 is 6.10 Å². The molecule has 0 saturated heterocycles. The molecule has 1 heterocycles. The Morgan fingerprint density at radius 3 is 2.67 bits per heavy atom. The van der Waals surface area contributed by atoms with Gasteiger partial charge >= 0.3 is 0 Å². The molecule has 0 saturated carbocycles. The van der Waals surface area contributed by atoms with Gasteiger partial charge in [0.2, 0.25) is 0 Å². The lowest BCUT2D eigenvalue weighted by Gasteiger charge is -2.14. The molecule has 1 atom stereocenters. The monoisotopic (exact) mass is 205 g/mol. The highest BCUT2D eigenvalue weighted by atomic mass is 16.5. The maximum absolute atomic E-state index is 11.8. The first kappa shape index (κ1) is 9.71. The van der Waals surface area contributed by atoms with Crippen LogP contribution in [0.15, 0.2) is 24.3 Å². The summed E-state index contributed by atoms with van der Waals surface area (Å²) in [6, 6.07) is 6.86. The van der Waals surface area contributed by atoms with Gasteiger partial charge in [0, 0.05) is 7.05 Å². The van der Waals surface area contributed by atoms with Crippen molar-refractivity contribution in [3.63, 3.8) is 0 Å². The highest BCUT2D eigenvalue weighted by Crippen LogP contribution is 2.24. The van der Waals surface area contributed by atoms with Crippen molar-refractivity contribution in [3.8, 4) is 5.75 Å². The zero-order valence-electron chi connectivity index (χ0n) is 8.56. The smallest absolute Gasteiger partial charge is 0.269 e. The number of carbonyl (C=O) groups is 2. The van der Waals surface area contributed by atoms with Gasteiger partial charge in [-0.1, -0.05) is 12.1 Å². The van der Waals surface area contributed by atoms with Crippen LogP contribution in [0.25, 0.3) is 0 Å². The largest absolute Gasteiger partial charge is 0.480 e. The van der Waals surface area contributed by atoms with Crippen molar-refractivity contribution in [1.29, 1.82) is 0 Å². The predicted octanol–water partition coefficient (Wildman–Crippen LogP) is 1.07. The number of hydrogen-bond donors (Lipinski definition) is 0. The van der Waals surface area contributed by atoms with Crippen LogP contribution in [-0.2, 0) is 4.79 Å². The van der Waals surface area contributed by atoms with E-state index in [1.165, 1.54) is 7.05 Å². The number of rotatable bonds is 0. The lowest BCUT2D eigenvalue weighted by molar-refractivity contribution is -0.133. The maximum Gasteiger partial charge on any atom is 0.269 e. The SMILES string of the molecule is C[C@H]1Oc2ccccc2C(=O)N(C)C1=O. The van der Waals surface area contributed by atoms with Crippen molar-refractivity contribution in [2.45, 2.75) is 13.0 Å². The zero-order chi connectivity index (χ0) is 11.0. The summed E-state index contributed by atoms with van der Waals surface area (Å²) in [7, 11) is 1.46. The molecular formula is C11H11NO3. The number of carbonyl (C=O) groups excluding carboxylic acids is 2. The molecule has 0 radical (unpaired) electrons. The summed E-state index contributed by atoms with van der Waals surface area (Å²) in [5.74, 6) is -0.177. The lowest BCUT2D eigenvalue weighted by Crippen LogP contribution is -2.38. The third kappa shape index (κ3) is 1.48. The molecule has 4 heteroatoms. The molecule has 0 fully saturated rings. The molecule has 78 valence electrons. The summed E-state index contributed by atoms with van der Waals surface area (Å²) in [5, 5.41) is 0. The molecule has 0 unspecified atom stereocenters. The third-order valence-corrected chi connectivity index (χ3v) is 2.40. The zero-order valence-corrected chi connectivity index (χ0v) is 8.56. The number of nitrogens with zero attached hydrogens (tertiary/aromatic N) is 1. The fourth-order valence-corrected chi connectivity index (χ4v) is 1.54. The minimum Gasteiger partial charge on any atom is -0.480 e. The van der Waals surface area contributed by atoms with Gasteiger partial charge < -0.3 is 4.74 Å². The van der Waals surface area contributed by atoms with E-state index in [1.807, 2.05) is 0 Å². The van der Waals surface area contributed by atoms with Gasteiger partial charge in [-0.3, -0.25) is 14.5 Å². The Morgan fingerprint density at radius 1 is 1.27 bits per heavy atom. The van der Waals surface area contributed by atoms with E-state index >= 15 is 0 Å². The van der Waals surface area contributed by atoms with Gasteiger partial charge in [-0.2, -0.15) is 0 Å². The number of ether oxygens (including phenoxy) is 1. The summed E-state index contributed by atoms with van der Waals surface area (Å²) in [6.07, 6.45) is -0.623. The van der Waals surface area contributed by atoms with Crippen molar-refractivity contribution < 1.29 is 14.3 Å². The van der Waals surface area contributed by atoms with Gasteiger partial charge in [0.1, 0.15) is 5.75 Å². The van der Waals surface area contributed by atoms with Gasteiger partial charge in [0.05, 0.1) is 5.56 Å². The summed E-state index contributed by atoms with van der Waals surface area (Å²) < 4.78 is 5.40. The second-order valence-electron chi connectivity index (χ2n) is 3.46. The molecule has 1 aliphatic heterocycles. The number of likely N-dealkylation sites (N-methyl/N-ethyl adjacent to an activating group) is 1. The van der Waals surface area contributed by atoms with E-state index in [1.54, 1.807) is 31.2 Å². The van der Waals surface area contributed by atoms with Crippen LogP contribution in [0.1, 0.15) is 17.3 Å². The minimum absolute atomic E-state index is 0.319. The third-order valence-electron chi connectivity index (χ3n) is 2.40. The molecule has 0 N–H and O–H groups in total. The van der Waals surface area contributed by atoms with Crippen LogP contribution < -0.4 is 4.74 Å². The van der Waals surface area contributed by atoms with Crippen LogP contribution in [0.2, 0.25) is 0 Å². The minimum atomic E-state index is -0.623. The first-order valence-corrected chi connectivity index (χ1v) is 4.69. The van der Waals surface area contributed by atoms with E-state index in [4.69, 9.17) is 4.74 Å². The molecule has 1 aromatic carbocycles. The van der Waals surface area contributed by atoms with Gasteiger partial charge in [-0.25, -0.2) is 0 Å². The van der Waals surface area contributed by atoms with E-state index in [0.717, 1.165) is 4.90 Å². The second-order valence-corrected chi connectivity index (χ2v) is 3.46. The Hall–Kier alpha value is -1.84. The predicted molar refractivity (Wildman–Crippen MR) is 53.6 cm³/mol. The number of fused-ring (bicyclic) bond motifs is 1. The topological polar surface area (TPSA) is 46.6 Å². The second kappa shape index (κ2) is 3.38. The molecule has 2 amide bonds. The number of imide groups is 1. The fraction of sp³-hybridized carbons (Fsp3) is 0.273. The number of para-hydroxylation sites is 1. The summed E-state index contributed by atoms with van der Waals surface area (Å²) >= 11 is 0. The van der Waals surface area contributed by atoms with Crippen LogP contribution in [0.3, 0.4) is 0 Å². The molecule has 1 aliphatic rings. The van der Waals surface area contributed by atoms with Gasteiger partial charge in [0.25, 0.3) is 11.8 Å². The highest BCUT2D eigenvalue weighted by Gasteiger charge is 2.30. The van der Waals surface area contributed by atoms with E-state index in [0.29, 0.717) is 11.3 Å². The average molecular weight is 205 g/mol. The Kier molecular flexibility index (Phi) is 2.19. The molecule has 1 aromatic rings. The number of benzene rings is 1. The van der Waals surface area contributed by atoms with E-state index in [-0.39, 0.29) is 11.8 Å². The molecule has 15 heavy (non-hydrogen) atoms. The maximum atomic E-state index is 11.8. The van der Waals surface area contributed by atoms with Crippen LogP contribution >= 0.6 is 0 Å². The first-order chi connectivity index (χ1) is 7.11. The van der Waals surface area contributed by atoms with Crippen molar-refractivity contribution >= 4 is 11.8 Å². The Labute approximate surface area is 87.4 Å². The molecule has 0 aliphatic carbocycles. The number of hydrogen-bond acceptors (Lipinski definition) is 3. The fourth-order valence-electron chi connectivity index (χ4n) is 1.54. The van der Waals surface area contributed by atoms with Crippen LogP contribution in [0.5, 0.6) is 5.75 Å².